The number of ether oxygens (including phenoxy) is 8. The van der Waals surface area contributed by atoms with Crippen LogP contribution in [0.5, 0.6) is 23.0 Å². The molecule has 2 aliphatic carbocycles. The predicted molar refractivity (Wildman–Crippen MR) is 321 cm³/mol. The van der Waals surface area contributed by atoms with Gasteiger partial charge in [-0.15, -0.1) is 22.7 Å². The third kappa shape index (κ3) is 19.4. The summed E-state index contributed by atoms with van der Waals surface area (Å²) in [6.45, 7) is 8.73. The van der Waals surface area contributed by atoms with Gasteiger partial charge >= 0.3 is 35.8 Å². The third-order valence-electron chi connectivity index (χ3n) is 14.8. The molecule has 2 saturated carbocycles. The Kier molecular flexibility index (Phi) is 24.5. The van der Waals surface area contributed by atoms with Crippen molar-refractivity contribution < 1.29 is 66.7 Å². The number of aryl methyl sites for hydroxylation is 2. The van der Waals surface area contributed by atoms with Crippen molar-refractivity contribution in [1.82, 2.24) is 9.97 Å². The number of benzene rings is 3. The van der Waals surface area contributed by atoms with Gasteiger partial charge in [0.2, 0.25) is 0 Å². The number of fused-ring (bicyclic) bond motifs is 1. The van der Waals surface area contributed by atoms with Gasteiger partial charge in [-0.25, -0.2) is 19.6 Å². The zero-order valence-corrected chi connectivity index (χ0v) is 49.1. The summed E-state index contributed by atoms with van der Waals surface area (Å²) in [4.78, 5) is 88.1. The number of carbonyl (C=O) groups excluding carboxylic acids is 6. The van der Waals surface area contributed by atoms with Gasteiger partial charge in [0.25, 0.3) is 0 Å². The first-order valence-electron chi connectivity index (χ1n) is 29.3. The zero-order chi connectivity index (χ0) is 58.9. The highest BCUT2D eigenvalue weighted by atomic mass is 32.1. The van der Waals surface area contributed by atoms with E-state index in [-0.39, 0.29) is 59.5 Å². The number of carbonyl (C=O) groups is 6. The number of thiophene rings is 2. The summed E-state index contributed by atoms with van der Waals surface area (Å²) < 4.78 is 45.8. The molecule has 84 heavy (non-hydrogen) atoms. The number of hydrogen-bond acceptors (Lipinski definition) is 18. The van der Waals surface area contributed by atoms with Crippen molar-refractivity contribution in [3.05, 3.63) is 132 Å². The molecule has 18 heteroatoms. The van der Waals surface area contributed by atoms with Crippen LogP contribution in [0.3, 0.4) is 0 Å². The highest BCUT2D eigenvalue weighted by Crippen LogP contribution is 2.41. The van der Waals surface area contributed by atoms with Crippen molar-refractivity contribution in [1.29, 1.82) is 0 Å². The van der Waals surface area contributed by atoms with Crippen LogP contribution in [0, 0.1) is 11.8 Å². The van der Waals surface area contributed by atoms with E-state index in [2.05, 4.69) is 13.2 Å². The SMILES string of the molecule is C=CC(=O)OCCCCCCOc1ccc(CCC(=O)OC2CCC(C(=O)Oc3ccc(OC(=O)C4CCC(OC(=O)CCc5ccc(OCCCCCCOC(=O)C=C)cc5)CC4)c4nc(-c5cccs5)c(-c5cccs5)nc34)CC2)cc1. The standard InChI is InChI=1S/C66H74N2O14S2/c1-3-57(69)77-41-11-7-5-9-39-75-49-27-17-45(18-28-49)21-37-59(71)79-51-31-23-47(24-32-51)65(73)81-53-35-36-54(62-61(53)67-63(55-15-13-43-83-55)64(68-62)56-16-14-44-84-56)82-66(74)48-25-33-52(34-26-48)80-60(72)38-22-46-19-29-50(30-20-46)76-40-10-6-8-12-42-78-58(70)4-2/h3-4,13-20,27-30,35-36,43-44,47-48,51-52H,1-2,5-12,21-26,31-34,37-42H2. The maximum Gasteiger partial charge on any atom is 0.330 e. The van der Waals surface area contributed by atoms with Crippen LogP contribution in [-0.2, 0) is 60.6 Å². The van der Waals surface area contributed by atoms with Crippen LogP contribution in [0.15, 0.2) is 121 Å². The molecular weight excluding hydrogens is 1110 g/mol. The van der Waals surface area contributed by atoms with E-state index >= 15 is 0 Å². The predicted octanol–water partition coefficient (Wildman–Crippen LogP) is 13.7. The molecule has 0 unspecified atom stereocenters. The second-order valence-corrected chi connectivity index (χ2v) is 22.9. The third-order valence-corrected chi connectivity index (χ3v) is 16.6. The molecule has 0 atom stereocenters. The molecule has 3 heterocycles. The van der Waals surface area contributed by atoms with Crippen molar-refractivity contribution in [2.75, 3.05) is 26.4 Å². The fraction of sp³-hybridized carbons (Fsp3) is 0.424. The van der Waals surface area contributed by atoms with Gasteiger partial charge in [-0.2, -0.15) is 0 Å². The van der Waals surface area contributed by atoms with E-state index in [0.717, 1.165) is 95.9 Å². The largest absolute Gasteiger partial charge is 0.494 e. The maximum atomic E-state index is 14.0. The van der Waals surface area contributed by atoms with Gasteiger partial charge in [0.15, 0.2) is 11.5 Å². The van der Waals surface area contributed by atoms with E-state index < -0.39 is 35.7 Å². The first-order chi connectivity index (χ1) is 41.0. The van der Waals surface area contributed by atoms with Crippen molar-refractivity contribution in [2.45, 2.75) is 141 Å². The Bertz CT molecular complexity index is 2900. The summed E-state index contributed by atoms with van der Waals surface area (Å²) in [5, 5.41) is 3.92. The number of unbranched alkanes of at least 4 members (excludes halogenated alkanes) is 6. The Morgan fingerprint density at radius 1 is 0.476 bits per heavy atom. The van der Waals surface area contributed by atoms with Gasteiger partial charge < -0.3 is 37.9 Å². The molecular formula is C66H74N2O14S2. The lowest BCUT2D eigenvalue weighted by Gasteiger charge is -2.27. The zero-order valence-electron chi connectivity index (χ0n) is 47.5. The highest BCUT2D eigenvalue weighted by molar-refractivity contribution is 7.14. The number of hydrogen-bond donors (Lipinski definition) is 0. The molecule has 0 aliphatic heterocycles. The summed E-state index contributed by atoms with van der Waals surface area (Å²) >= 11 is 3.02. The monoisotopic (exact) mass is 1180 g/mol. The van der Waals surface area contributed by atoms with Gasteiger partial charge in [-0.1, -0.05) is 49.6 Å². The Labute approximate surface area is 498 Å². The molecule has 2 aliphatic rings. The summed E-state index contributed by atoms with van der Waals surface area (Å²) in [6.07, 6.45) is 14.4. The maximum absolute atomic E-state index is 14.0. The number of rotatable bonds is 32. The molecule has 444 valence electrons. The first-order valence-corrected chi connectivity index (χ1v) is 31.0. The van der Waals surface area contributed by atoms with Crippen LogP contribution in [0.25, 0.3) is 32.2 Å². The van der Waals surface area contributed by atoms with Crippen molar-refractivity contribution in [3.63, 3.8) is 0 Å². The molecule has 16 nitrogen and oxygen atoms in total. The molecule has 0 saturated heterocycles. The number of nitrogens with zero attached hydrogens (tertiary/aromatic N) is 2. The quantitative estimate of drug-likeness (QED) is 0.0127. The molecule has 0 N–H and O–H groups in total. The van der Waals surface area contributed by atoms with Crippen LogP contribution in [0.1, 0.15) is 127 Å². The second-order valence-electron chi connectivity index (χ2n) is 21.0. The Hall–Kier alpha value is -7.70. The molecule has 0 radical (unpaired) electrons. The average molecular weight is 1180 g/mol. The second kappa shape index (κ2) is 33.0. The summed E-state index contributed by atoms with van der Waals surface area (Å²) in [6, 6.07) is 26.4. The Balaban J connectivity index is 0.790. The average Bonchev–Trinajstić information content (AvgIpc) is 4.35. The fourth-order valence-corrected chi connectivity index (χ4v) is 11.5. The van der Waals surface area contributed by atoms with Crippen molar-refractivity contribution >= 4 is 69.5 Å². The number of esters is 6. The molecule has 0 bridgehead atoms. The van der Waals surface area contributed by atoms with Crippen LogP contribution in [0.4, 0.5) is 0 Å². The highest BCUT2D eigenvalue weighted by Gasteiger charge is 2.33. The molecule has 3 aromatic heterocycles. The van der Waals surface area contributed by atoms with Crippen LogP contribution in [-0.4, -0.2) is 84.4 Å². The van der Waals surface area contributed by atoms with Gasteiger partial charge in [0.05, 0.1) is 48.0 Å². The van der Waals surface area contributed by atoms with E-state index in [1.165, 1.54) is 22.7 Å². The van der Waals surface area contributed by atoms with Crippen molar-refractivity contribution in [2.24, 2.45) is 11.8 Å². The lowest BCUT2D eigenvalue weighted by Crippen LogP contribution is -2.30. The van der Waals surface area contributed by atoms with Gasteiger partial charge in [-0.05, 0) is 186 Å². The molecule has 2 fully saturated rings. The summed E-state index contributed by atoms with van der Waals surface area (Å²) in [5.41, 5.74) is 3.76. The number of aromatic nitrogens is 2. The van der Waals surface area contributed by atoms with Crippen LogP contribution in [0.2, 0.25) is 0 Å². The molecule has 0 spiro atoms. The Morgan fingerprint density at radius 3 is 1.21 bits per heavy atom. The van der Waals surface area contributed by atoms with Crippen LogP contribution < -0.4 is 18.9 Å². The lowest BCUT2D eigenvalue weighted by molar-refractivity contribution is -0.153. The van der Waals surface area contributed by atoms with Crippen LogP contribution >= 0.6 is 22.7 Å². The van der Waals surface area contributed by atoms with E-state index in [1.54, 1.807) is 12.1 Å². The van der Waals surface area contributed by atoms with E-state index in [1.807, 2.05) is 83.6 Å². The summed E-state index contributed by atoms with van der Waals surface area (Å²) in [7, 11) is 0. The lowest BCUT2D eigenvalue weighted by atomic mass is 9.87. The van der Waals surface area contributed by atoms with Gasteiger partial charge in [0, 0.05) is 25.0 Å². The molecule has 6 aromatic rings. The van der Waals surface area contributed by atoms with E-state index in [9.17, 15) is 28.8 Å². The molecule has 8 rings (SSSR count). The smallest absolute Gasteiger partial charge is 0.330 e. The minimum absolute atomic E-state index is 0.193. The molecule has 0 amide bonds. The molecule has 3 aromatic carbocycles. The van der Waals surface area contributed by atoms with E-state index in [0.29, 0.717) is 102 Å². The normalized spacial score (nSPS) is 16.6. The van der Waals surface area contributed by atoms with Crippen molar-refractivity contribution in [3.8, 4) is 44.1 Å². The first kappa shape index (κ1) is 62.3. The van der Waals surface area contributed by atoms with E-state index in [4.69, 9.17) is 47.9 Å². The Morgan fingerprint density at radius 2 is 0.857 bits per heavy atom. The minimum atomic E-state index is -0.437. The minimum Gasteiger partial charge on any atom is -0.494 e. The topological polar surface area (TPSA) is 202 Å². The summed E-state index contributed by atoms with van der Waals surface area (Å²) in [5.74, 6) is -1.19. The van der Waals surface area contributed by atoms with Gasteiger partial charge in [-0.3, -0.25) is 19.2 Å². The van der Waals surface area contributed by atoms with Gasteiger partial charge in [0.1, 0.15) is 46.1 Å². The fourth-order valence-electron chi connectivity index (χ4n) is 10.1.